The normalized spacial score (nSPS) is 10.0. The predicted molar refractivity (Wildman–Crippen MR) is 93.7 cm³/mol. The Balaban J connectivity index is 1.88. The zero-order valence-electron chi connectivity index (χ0n) is 13.2. The highest BCUT2D eigenvalue weighted by molar-refractivity contribution is 5.65. The van der Waals surface area contributed by atoms with Crippen molar-refractivity contribution >= 4 is 0 Å². The van der Waals surface area contributed by atoms with Crippen molar-refractivity contribution < 1.29 is 4.39 Å². The molecule has 0 aliphatic heterocycles. The second-order valence-electron chi connectivity index (χ2n) is 5.68. The van der Waals surface area contributed by atoms with Gasteiger partial charge in [-0.1, -0.05) is 65.4 Å². The molecule has 3 aromatic carbocycles. The summed E-state index contributed by atoms with van der Waals surface area (Å²) in [5, 5.41) is 0. The molecule has 0 aromatic heterocycles. The highest BCUT2D eigenvalue weighted by Gasteiger charge is 2.05. The van der Waals surface area contributed by atoms with Gasteiger partial charge in [0.05, 0.1) is 0 Å². The molecule has 0 aliphatic rings. The fraction of sp³-hybridized carbons (Fsp3) is 0.0909. The lowest BCUT2D eigenvalue weighted by atomic mass is 10.0. The molecule has 112 valence electrons. The Labute approximate surface area is 136 Å². The maximum atomic E-state index is 14.3. The van der Waals surface area contributed by atoms with Crippen LogP contribution in [-0.2, 0) is 0 Å². The Morgan fingerprint density at radius 1 is 0.652 bits per heavy atom. The quantitative estimate of drug-likeness (QED) is 0.520. The van der Waals surface area contributed by atoms with Crippen LogP contribution in [0.25, 0.3) is 11.1 Å². The van der Waals surface area contributed by atoms with Crippen LogP contribution in [0.2, 0.25) is 0 Å². The molecule has 3 rings (SSSR count). The predicted octanol–water partition coefficient (Wildman–Crippen LogP) is 5.51. The molecule has 0 bridgehead atoms. The molecule has 0 fully saturated rings. The summed E-state index contributed by atoms with van der Waals surface area (Å²) in [7, 11) is 0. The van der Waals surface area contributed by atoms with Gasteiger partial charge >= 0.3 is 0 Å². The zero-order chi connectivity index (χ0) is 16.2. The Kier molecular flexibility index (Phi) is 4.26. The number of hydrogen-bond acceptors (Lipinski definition) is 0. The van der Waals surface area contributed by atoms with Gasteiger partial charge in [0.25, 0.3) is 0 Å². The van der Waals surface area contributed by atoms with E-state index in [2.05, 4.69) is 11.8 Å². The lowest BCUT2D eigenvalue weighted by molar-refractivity contribution is 0.631. The summed E-state index contributed by atoms with van der Waals surface area (Å²) in [5.74, 6) is 5.84. The summed E-state index contributed by atoms with van der Waals surface area (Å²) in [5.41, 5.74) is 5.45. The Morgan fingerprint density at radius 2 is 1.17 bits per heavy atom. The van der Waals surface area contributed by atoms with E-state index >= 15 is 0 Å². The lowest BCUT2D eigenvalue weighted by Crippen LogP contribution is -1.87. The Morgan fingerprint density at radius 3 is 1.78 bits per heavy atom. The van der Waals surface area contributed by atoms with E-state index in [1.165, 1.54) is 11.6 Å². The van der Waals surface area contributed by atoms with Crippen molar-refractivity contribution in [1.82, 2.24) is 0 Å². The number of halogens is 1. The molecule has 3 aromatic rings. The van der Waals surface area contributed by atoms with Gasteiger partial charge in [0.15, 0.2) is 0 Å². The summed E-state index contributed by atoms with van der Waals surface area (Å²) in [6.07, 6.45) is 0. The molecule has 23 heavy (non-hydrogen) atoms. The van der Waals surface area contributed by atoms with E-state index in [-0.39, 0.29) is 5.82 Å². The Hall–Kier alpha value is -2.85. The van der Waals surface area contributed by atoms with Crippen molar-refractivity contribution in [2.45, 2.75) is 13.8 Å². The molecule has 0 atom stereocenters. The first-order chi connectivity index (χ1) is 11.1. The van der Waals surface area contributed by atoms with Crippen molar-refractivity contribution in [1.29, 1.82) is 0 Å². The second kappa shape index (κ2) is 6.50. The van der Waals surface area contributed by atoms with Crippen LogP contribution in [0.5, 0.6) is 0 Å². The minimum atomic E-state index is -0.246. The summed E-state index contributed by atoms with van der Waals surface area (Å²) >= 11 is 0. The highest BCUT2D eigenvalue weighted by atomic mass is 19.1. The van der Waals surface area contributed by atoms with E-state index in [9.17, 15) is 4.39 Å². The third-order valence-electron chi connectivity index (χ3n) is 3.73. The SMILES string of the molecule is Cc1ccc(C#Cc2ccc(-c3ccc(C)cc3)c(F)c2)cc1. The zero-order valence-corrected chi connectivity index (χ0v) is 13.2. The van der Waals surface area contributed by atoms with Crippen LogP contribution in [0.3, 0.4) is 0 Å². The van der Waals surface area contributed by atoms with Gasteiger partial charge in [-0.2, -0.15) is 0 Å². The maximum absolute atomic E-state index is 14.3. The van der Waals surface area contributed by atoms with Crippen LogP contribution in [0.1, 0.15) is 22.3 Å². The van der Waals surface area contributed by atoms with Crippen LogP contribution in [0, 0.1) is 31.5 Å². The van der Waals surface area contributed by atoms with Gasteiger partial charge in [-0.15, -0.1) is 0 Å². The van der Waals surface area contributed by atoms with E-state index in [1.54, 1.807) is 6.07 Å². The van der Waals surface area contributed by atoms with E-state index in [0.717, 1.165) is 16.7 Å². The molecule has 0 amide bonds. The van der Waals surface area contributed by atoms with E-state index in [1.807, 2.05) is 68.4 Å². The van der Waals surface area contributed by atoms with Gasteiger partial charge in [-0.3, -0.25) is 0 Å². The van der Waals surface area contributed by atoms with Crippen molar-refractivity contribution in [2.24, 2.45) is 0 Å². The monoisotopic (exact) mass is 300 g/mol. The molecule has 0 saturated heterocycles. The highest BCUT2D eigenvalue weighted by Crippen LogP contribution is 2.23. The molecule has 0 heterocycles. The first kappa shape index (κ1) is 15.1. The summed E-state index contributed by atoms with van der Waals surface area (Å²) in [6, 6.07) is 21.0. The molecule has 0 aliphatic carbocycles. The first-order valence-corrected chi connectivity index (χ1v) is 7.57. The molecule has 1 heteroatoms. The minimum Gasteiger partial charge on any atom is -0.206 e. The maximum Gasteiger partial charge on any atom is 0.132 e. The van der Waals surface area contributed by atoms with Crippen molar-refractivity contribution in [3.63, 3.8) is 0 Å². The van der Waals surface area contributed by atoms with Crippen molar-refractivity contribution in [2.75, 3.05) is 0 Å². The van der Waals surface area contributed by atoms with E-state index in [0.29, 0.717) is 11.1 Å². The molecule has 0 radical (unpaired) electrons. The van der Waals surface area contributed by atoms with Crippen LogP contribution < -0.4 is 0 Å². The topological polar surface area (TPSA) is 0 Å². The van der Waals surface area contributed by atoms with Gasteiger partial charge in [0.1, 0.15) is 5.82 Å². The van der Waals surface area contributed by atoms with Gasteiger partial charge in [-0.05, 0) is 43.7 Å². The fourth-order valence-corrected chi connectivity index (χ4v) is 2.34. The number of benzene rings is 3. The fourth-order valence-electron chi connectivity index (χ4n) is 2.34. The summed E-state index contributed by atoms with van der Waals surface area (Å²) in [4.78, 5) is 0. The largest absolute Gasteiger partial charge is 0.206 e. The van der Waals surface area contributed by atoms with Crippen LogP contribution in [-0.4, -0.2) is 0 Å². The van der Waals surface area contributed by atoms with Gasteiger partial charge < -0.3 is 0 Å². The van der Waals surface area contributed by atoms with Crippen molar-refractivity contribution in [3.8, 4) is 23.0 Å². The second-order valence-corrected chi connectivity index (χ2v) is 5.68. The number of aryl methyl sites for hydroxylation is 2. The molecule has 0 spiro atoms. The number of hydrogen-bond donors (Lipinski definition) is 0. The van der Waals surface area contributed by atoms with Gasteiger partial charge in [-0.25, -0.2) is 4.39 Å². The minimum absolute atomic E-state index is 0.246. The standard InChI is InChI=1S/C22H17F/c1-16-3-7-18(8-4-16)9-10-19-11-14-21(22(23)15-19)20-12-5-17(2)6-13-20/h3-8,11-15H,1-2H3. The summed E-state index contributed by atoms with van der Waals surface area (Å²) in [6.45, 7) is 4.06. The molecule has 0 saturated carbocycles. The van der Waals surface area contributed by atoms with Crippen molar-refractivity contribution in [3.05, 3.63) is 94.8 Å². The van der Waals surface area contributed by atoms with Gasteiger partial charge in [0, 0.05) is 16.7 Å². The molecule has 0 N–H and O–H groups in total. The Bertz CT molecular complexity index is 876. The van der Waals surface area contributed by atoms with Crippen LogP contribution in [0.4, 0.5) is 4.39 Å². The first-order valence-electron chi connectivity index (χ1n) is 7.57. The lowest BCUT2D eigenvalue weighted by Gasteiger charge is -2.04. The molecular formula is C22H17F. The smallest absolute Gasteiger partial charge is 0.132 e. The molecule has 0 unspecified atom stereocenters. The third-order valence-corrected chi connectivity index (χ3v) is 3.73. The summed E-state index contributed by atoms with van der Waals surface area (Å²) < 4.78 is 14.3. The molecular weight excluding hydrogens is 283 g/mol. The van der Waals surface area contributed by atoms with Crippen LogP contribution >= 0.6 is 0 Å². The van der Waals surface area contributed by atoms with E-state index in [4.69, 9.17) is 0 Å². The van der Waals surface area contributed by atoms with Crippen LogP contribution in [0.15, 0.2) is 66.7 Å². The third kappa shape index (κ3) is 3.67. The average Bonchev–Trinajstić information content (AvgIpc) is 2.55. The van der Waals surface area contributed by atoms with E-state index < -0.39 is 0 Å². The number of rotatable bonds is 1. The average molecular weight is 300 g/mol. The van der Waals surface area contributed by atoms with Gasteiger partial charge in [0.2, 0.25) is 0 Å². The molecule has 0 nitrogen and oxygen atoms in total.